The van der Waals surface area contributed by atoms with Crippen LogP contribution in [0.3, 0.4) is 0 Å². The highest BCUT2D eigenvalue weighted by atomic mass is 35.5. The van der Waals surface area contributed by atoms with Gasteiger partial charge in [-0.1, -0.05) is 54.1 Å². The van der Waals surface area contributed by atoms with E-state index in [0.29, 0.717) is 22.7 Å². The average molecular weight is 546 g/mol. The number of benzene rings is 2. The topological polar surface area (TPSA) is 88.2 Å². The van der Waals surface area contributed by atoms with Crippen LogP contribution in [0.15, 0.2) is 60.8 Å². The van der Waals surface area contributed by atoms with Crippen LogP contribution < -0.4 is 16.0 Å². The molecule has 0 spiro atoms. The van der Waals surface area contributed by atoms with Gasteiger partial charge in [0.2, 0.25) is 5.95 Å². The summed E-state index contributed by atoms with van der Waals surface area (Å²) in [6, 6.07) is 16.9. The molecule has 0 radical (unpaired) electrons. The largest absolute Gasteiger partial charge is 0.444 e. The first kappa shape index (κ1) is 27.2. The van der Waals surface area contributed by atoms with Gasteiger partial charge < -0.3 is 15.4 Å². The van der Waals surface area contributed by atoms with E-state index in [1.807, 2.05) is 45.0 Å². The molecule has 1 heterocycles. The molecule has 2 aliphatic rings. The molecule has 0 aliphatic heterocycles. The summed E-state index contributed by atoms with van der Waals surface area (Å²) in [5.74, 6) is 0.624. The number of halogens is 1. The van der Waals surface area contributed by atoms with Crippen molar-refractivity contribution >= 4 is 34.9 Å². The van der Waals surface area contributed by atoms with Gasteiger partial charge in [-0.25, -0.2) is 14.8 Å². The Labute approximate surface area is 235 Å². The van der Waals surface area contributed by atoms with Gasteiger partial charge in [0.05, 0.1) is 16.9 Å². The van der Waals surface area contributed by atoms with E-state index in [9.17, 15) is 4.79 Å². The standard InChI is InChI=1S/C31H36ClN5O2/c1-31(2,3)39-30(38)36-22-14-11-20(12-15-22)18-33-23-8-6-9-24(17-23)35-29-34-19-27(32)28(37-29)26-16-13-21-7-4-5-10-25(21)26/h4-5,7,10-12,14-16,19,23-24,33H,6,8-9,13,17-18H2,1-3H3,(H,36,38)(H,34,35,37)/t23-,24+/m0/s1. The molecule has 0 unspecified atom stereocenters. The predicted octanol–water partition coefficient (Wildman–Crippen LogP) is 6.98. The number of hydrogen-bond acceptors (Lipinski definition) is 6. The Hall–Kier alpha value is -3.42. The Morgan fingerprint density at radius 1 is 1.08 bits per heavy atom. The van der Waals surface area contributed by atoms with Gasteiger partial charge in [-0.15, -0.1) is 0 Å². The molecule has 39 heavy (non-hydrogen) atoms. The van der Waals surface area contributed by atoms with Gasteiger partial charge in [0.1, 0.15) is 5.60 Å². The number of allylic oxidation sites excluding steroid dienone is 1. The minimum absolute atomic E-state index is 0.288. The molecule has 2 aromatic carbocycles. The molecule has 204 valence electrons. The van der Waals surface area contributed by atoms with Crippen LogP contribution in [0.25, 0.3) is 5.57 Å². The van der Waals surface area contributed by atoms with Crippen LogP contribution in [-0.2, 0) is 17.7 Å². The average Bonchev–Trinajstić information content (AvgIpc) is 3.33. The van der Waals surface area contributed by atoms with Gasteiger partial charge in [-0.2, -0.15) is 0 Å². The quantitative estimate of drug-likeness (QED) is 0.297. The van der Waals surface area contributed by atoms with Crippen LogP contribution in [0.4, 0.5) is 16.4 Å². The molecule has 1 saturated carbocycles. The van der Waals surface area contributed by atoms with Crippen molar-refractivity contribution in [1.29, 1.82) is 0 Å². The number of ether oxygens (including phenoxy) is 1. The summed E-state index contributed by atoms with van der Waals surface area (Å²) in [4.78, 5) is 21.3. The predicted molar refractivity (Wildman–Crippen MR) is 157 cm³/mol. The van der Waals surface area contributed by atoms with E-state index in [1.165, 1.54) is 11.1 Å². The Balaban J connectivity index is 1.14. The number of nitrogens with zero attached hydrogens (tertiary/aromatic N) is 2. The second-order valence-electron chi connectivity index (χ2n) is 11.3. The van der Waals surface area contributed by atoms with Gasteiger partial charge in [0.15, 0.2) is 0 Å². The maximum atomic E-state index is 12.0. The van der Waals surface area contributed by atoms with E-state index >= 15 is 0 Å². The lowest BCUT2D eigenvalue weighted by Crippen LogP contribution is -2.38. The van der Waals surface area contributed by atoms with Crippen LogP contribution in [-0.4, -0.2) is 33.7 Å². The van der Waals surface area contributed by atoms with Crippen molar-refractivity contribution in [2.75, 3.05) is 10.6 Å². The van der Waals surface area contributed by atoms with Crippen molar-refractivity contribution in [3.05, 3.63) is 88.2 Å². The van der Waals surface area contributed by atoms with E-state index in [1.54, 1.807) is 6.20 Å². The Kier molecular flexibility index (Phi) is 8.19. The molecular formula is C31H36ClN5O2. The normalized spacial score (nSPS) is 18.7. The molecule has 1 fully saturated rings. The lowest BCUT2D eigenvalue weighted by Gasteiger charge is -2.30. The molecule has 7 nitrogen and oxygen atoms in total. The number of amides is 1. The summed E-state index contributed by atoms with van der Waals surface area (Å²) in [6.45, 7) is 6.30. The molecule has 0 saturated heterocycles. The third-order valence-electron chi connectivity index (χ3n) is 7.03. The van der Waals surface area contributed by atoms with Crippen LogP contribution in [0.2, 0.25) is 5.02 Å². The lowest BCUT2D eigenvalue weighted by atomic mass is 9.91. The maximum Gasteiger partial charge on any atom is 0.412 e. The van der Waals surface area contributed by atoms with Crippen molar-refractivity contribution in [2.24, 2.45) is 0 Å². The highest BCUT2D eigenvalue weighted by Gasteiger charge is 2.24. The summed E-state index contributed by atoms with van der Waals surface area (Å²) >= 11 is 6.54. The van der Waals surface area contributed by atoms with Gasteiger partial charge in [0, 0.05) is 29.9 Å². The van der Waals surface area contributed by atoms with Crippen LogP contribution in [0.5, 0.6) is 0 Å². The molecule has 3 N–H and O–H groups in total. The molecule has 2 aliphatic carbocycles. The fourth-order valence-corrected chi connectivity index (χ4v) is 5.40. The smallest absolute Gasteiger partial charge is 0.412 e. The molecule has 1 amide bonds. The molecule has 8 heteroatoms. The SMILES string of the molecule is CC(C)(C)OC(=O)Nc1ccc(CN[C@H]2CCC[C@@H](Nc3ncc(Cl)c(C4=CCc5ccccc54)n3)C2)cc1. The first-order valence-electron chi connectivity index (χ1n) is 13.6. The van der Waals surface area contributed by atoms with E-state index in [0.717, 1.165) is 55.5 Å². The zero-order valence-electron chi connectivity index (χ0n) is 22.8. The molecule has 1 aromatic heterocycles. The van der Waals surface area contributed by atoms with Crippen molar-refractivity contribution < 1.29 is 9.53 Å². The summed E-state index contributed by atoms with van der Waals surface area (Å²) in [7, 11) is 0. The summed E-state index contributed by atoms with van der Waals surface area (Å²) in [5.41, 5.74) is 5.71. The van der Waals surface area contributed by atoms with E-state index < -0.39 is 11.7 Å². The number of carbonyl (C=O) groups excluding carboxylic acids is 1. The van der Waals surface area contributed by atoms with Crippen molar-refractivity contribution in [3.8, 4) is 0 Å². The number of nitrogens with one attached hydrogen (secondary N) is 3. The highest BCUT2D eigenvalue weighted by molar-refractivity contribution is 6.32. The monoisotopic (exact) mass is 545 g/mol. The number of carbonyl (C=O) groups is 1. The number of fused-ring (bicyclic) bond motifs is 1. The number of hydrogen-bond donors (Lipinski definition) is 3. The number of anilines is 2. The molecule has 3 aromatic rings. The second-order valence-corrected chi connectivity index (χ2v) is 11.7. The first-order chi connectivity index (χ1) is 18.7. The molecular weight excluding hydrogens is 510 g/mol. The van der Waals surface area contributed by atoms with E-state index in [-0.39, 0.29) is 6.04 Å². The fraction of sp³-hybridized carbons (Fsp3) is 0.387. The zero-order valence-corrected chi connectivity index (χ0v) is 23.5. The van der Waals surface area contributed by atoms with E-state index in [4.69, 9.17) is 21.3 Å². The Morgan fingerprint density at radius 3 is 2.64 bits per heavy atom. The van der Waals surface area contributed by atoms with Crippen LogP contribution >= 0.6 is 11.6 Å². The first-order valence-corrected chi connectivity index (χ1v) is 14.0. The van der Waals surface area contributed by atoms with Crippen LogP contribution in [0, 0.1) is 0 Å². The molecule has 2 atom stereocenters. The number of aromatic nitrogens is 2. The Morgan fingerprint density at radius 2 is 1.85 bits per heavy atom. The van der Waals surface area contributed by atoms with Crippen LogP contribution in [0.1, 0.15) is 68.8 Å². The third kappa shape index (κ3) is 7.16. The summed E-state index contributed by atoms with van der Waals surface area (Å²) < 4.78 is 5.32. The zero-order chi connectivity index (χ0) is 27.4. The minimum Gasteiger partial charge on any atom is -0.444 e. The van der Waals surface area contributed by atoms with Gasteiger partial charge >= 0.3 is 6.09 Å². The highest BCUT2D eigenvalue weighted by Crippen LogP contribution is 2.35. The maximum absolute atomic E-state index is 12.0. The fourth-order valence-electron chi connectivity index (χ4n) is 5.21. The minimum atomic E-state index is -0.525. The van der Waals surface area contributed by atoms with Gasteiger partial charge in [-0.05, 0) is 81.7 Å². The summed E-state index contributed by atoms with van der Waals surface area (Å²) in [6.07, 6.45) is 8.68. The molecule has 5 rings (SSSR count). The van der Waals surface area contributed by atoms with Gasteiger partial charge in [0.25, 0.3) is 0 Å². The van der Waals surface area contributed by atoms with E-state index in [2.05, 4.69) is 51.3 Å². The second kappa shape index (κ2) is 11.8. The third-order valence-corrected chi connectivity index (χ3v) is 7.31. The summed E-state index contributed by atoms with van der Waals surface area (Å²) in [5, 5.41) is 10.6. The van der Waals surface area contributed by atoms with Crippen molar-refractivity contribution in [2.45, 2.75) is 77.1 Å². The number of rotatable bonds is 7. The lowest BCUT2D eigenvalue weighted by molar-refractivity contribution is 0.0636. The van der Waals surface area contributed by atoms with Crippen molar-refractivity contribution in [1.82, 2.24) is 15.3 Å². The van der Waals surface area contributed by atoms with Crippen molar-refractivity contribution in [3.63, 3.8) is 0 Å². The Bertz CT molecular complexity index is 1350. The van der Waals surface area contributed by atoms with Gasteiger partial charge in [-0.3, -0.25) is 5.32 Å². The molecule has 0 bridgehead atoms.